The molecule has 2 aromatic rings. The largest absolute Gasteiger partial charge is 0.493 e. The molecule has 1 aromatic heterocycles. The van der Waals surface area contributed by atoms with Crippen LogP contribution in [0.15, 0.2) is 29.6 Å². The van der Waals surface area contributed by atoms with Crippen LogP contribution in [0.25, 0.3) is 0 Å². The molecule has 22 heavy (non-hydrogen) atoms. The van der Waals surface area contributed by atoms with E-state index in [1.54, 1.807) is 11.3 Å². The molecule has 0 saturated carbocycles. The number of nitrogens with zero attached hydrogens (tertiary/aromatic N) is 1. The molecule has 0 bridgehead atoms. The zero-order valence-electron chi connectivity index (χ0n) is 12.5. The number of aromatic nitrogens is 1. The number of aryl methyl sites for hydroxylation is 1. The minimum atomic E-state index is -0.174. The second-order valence-corrected chi connectivity index (χ2v) is 6.33. The number of carbonyl (C=O) groups is 1. The Hall–Kier alpha value is -2.08. The highest BCUT2D eigenvalue weighted by atomic mass is 32.1. The van der Waals surface area contributed by atoms with Crippen LogP contribution >= 0.6 is 11.3 Å². The van der Waals surface area contributed by atoms with Crippen molar-refractivity contribution < 1.29 is 9.53 Å². The molecule has 0 saturated heterocycles. The molecule has 1 aromatic carbocycles. The number of nitrogens with one attached hydrogen (secondary N) is 2. The van der Waals surface area contributed by atoms with Crippen LogP contribution in [0.3, 0.4) is 0 Å². The Balaban J connectivity index is 1.61. The zero-order valence-corrected chi connectivity index (χ0v) is 13.3. The minimum Gasteiger partial charge on any atom is -0.493 e. The quantitative estimate of drug-likeness (QED) is 0.914. The van der Waals surface area contributed by atoms with E-state index in [0.29, 0.717) is 13.2 Å². The number of hydrogen-bond acceptors (Lipinski definition) is 4. The van der Waals surface area contributed by atoms with Crippen LogP contribution in [0.4, 0.5) is 4.79 Å². The average Bonchev–Trinajstić information content (AvgIpc) is 2.83. The second kappa shape index (κ2) is 6.79. The molecule has 0 aliphatic carbocycles. The lowest BCUT2D eigenvalue weighted by Crippen LogP contribution is -2.37. The Bertz CT molecular complexity index is 656. The summed E-state index contributed by atoms with van der Waals surface area (Å²) in [4.78, 5) is 16.5. The average molecular weight is 317 g/mol. The summed E-state index contributed by atoms with van der Waals surface area (Å²) < 4.78 is 5.71. The van der Waals surface area contributed by atoms with E-state index in [1.807, 2.05) is 36.6 Å². The van der Waals surface area contributed by atoms with Crippen LogP contribution in [-0.2, 0) is 6.54 Å². The van der Waals surface area contributed by atoms with Crippen molar-refractivity contribution in [2.75, 3.05) is 6.61 Å². The van der Waals surface area contributed by atoms with E-state index in [1.165, 1.54) is 0 Å². The van der Waals surface area contributed by atoms with Gasteiger partial charge in [0.25, 0.3) is 0 Å². The van der Waals surface area contributed by atoms with Crippen molar-refractivity contribution in [3.63, 3.8) is 0 Å². The molecule has 2 heterocycles. The number of carbonyl (C=O) groups excluding carboxylic acids is 1. The van der Waals surface area contributed by atoms with Crippen LogP contribution < -0.4 is 15.4 Å². The summed E-state index contributed by atoms with van der Waals surface area (Å²) in [7, 11) is 0. The summed E-state index contributed by atoms with van der Waals surface area (Å²) in [6.07, 6.45) is 1.80. The van der Waals surface area contributed by atoms with Gasteiger partial charge in [0.15, 0.2) is 0 Å². The molecule has 3 rings (SSSR count). The molecule has 1 aliphatic heterocycles. The molecule has 2 N–H and O–H groups in total. The summed E-state index contributed by atoms with van der Waals surface area (Å²) >= 11 is 1.59. The fourth-order valence-corrected chi connectivity index (χ4v) is 3.16. The Morgan fingerprint density at radius 2 is 2.32 bits per heavy atom. The molecule has 0 unspecified atom stereocenters. The van der Waals surface area contributed by atoms with Gasteiger partial charge in [-0.3, -0.25) is 0 Å². The Morgan fingerprint density at radius 1 is 1.45 bits per heavy atom. The van der Waals surface area contributed by atoms with Crippen molar-refractivity contribution in [1.82, 2.24) is 15.6 Å². The predicted molar refractivity (Wildman–Crippen MR) is 86.1 cm³/mol. The molecule has 0 radical (unpaired) electrons. The fraction of sp³-hybridized carbons (Fsp3) is 0.375. The molecule has 116 valence electrons. The highest BCUT2D eigenvalue weighted by molar-refractivity contribution is 7.09. The molecule has 1 atom stereocenters. The van der Waals surface area contributed by atoms with E-state index in [2.05, 4.69) is 15.6 Å². The van der Waals surface area contributed by atoms with E-state index < -0.39 is 0 Å². The number of amides is 2. The second-order valence-electron chi connectivity index (χ2n) is 5.27. The molecular formula is C16H19N3O2S. The maximum absolute atomic E-state index is 12.1. The smallest absolute Gasteiger partial charge is 0.315 e. The van der Waals surface area contributed by atoms with Crippen LogP contribution in [-0.4, -0.2) is 17.6 Å². The number of benzene rings is 1. The third-order valence-corrected chi connectivity index (χ3v) is 4.41. The van der Waals surface area contributed by atoms with Gasteiger partial charge in [-0.15, -0.1) is 11.3 Å². The maximum Gasteiger partial charge on any atom is 0.315 e. The molecule has 5 nitrogen and oxygen atoms in total. The first-order valence-corrected chi connectivity index (χ1v) is 8.27. The van der Waals surface area contributed by atoms with Gasteiger partial charge in [0.05, 0.1) is 29.9 Å². The lowest BCUT2D eigenvalue weighted by Gasteiger charge is -2.18. The number of thiazole rings is 1. The first-order chi connectivity index (χ1) is 10.7. The molecule has 6 heteroatoms. The monoisotopic (exact) mass is 317 g/mol. The van der Waals surface area contributed by atoms with Gasteiger partial charge in [0.1, 0.15) is 5.75 Å². The van der Waals surface area contributed by atoms with E-state index in [-0.39, 0.29) is 12.1 Å². The van der Waals surface area contributed by atoms with E-state index >= 15 is 0 Å². The maximum atomic E-state index is 12.1. The molecule has 0 spiro atoms. The van der Waals surface area contributed by atoms with Crippen molar-refractivity contribution in [2.24, 2.45) is 0 Å². The summed E-state index contributed by atoms with van der Waals surface area (Å²) in [6.45, 7) is 3.09. The summed E-state index contributed by atoms with van der Waals surface area (Å²) in [5.74, 6) is 0.862. The molecule has 0 fully saturated rings. The highest BCUT2D eigenvalue weighted by Crippen LogP contribution is 2.30. The van der Waals surface area contributed by atoms with Gasteiger partial charge in [0.2, 0.25) is 0 Å². The lowest BCUT2D eigenvalue weighted by atomic mass is 10.0. The topological polar surface area (TPSA) is 63.2 Å². The standard InChI is InChI=1S/C16H19N3O2S/c1-11-18-12(10-22-11)9-17-16(20)19-14-6-4-8-21-15-7-3-2-5-13(14)15/h2-3,5,7,10,14H,4,6,8-9H2,1H3,(H2,17,19,20)/t14-/m0/s1. The molecule has 2 amide bonds. The lowest BCUT2D eigenvalue weighted by molar-refractivity contribution is 0.235. The van der Waals surface area contributed by atoms with Crippen molar-refractivity contribution >= 4 is 17.4 Å². The molecular weight excluding hydrogens is 298 g/mol. The third-order valence-electron chi connectivity index (χ3n) is 3.59. The minimum absolute atomic E-state index is 0.0177. The number of hydrogen-bond donors (Lipinski definition) is 2. The number of ether oxygens (including phenoxy) is 1. The predicted octanol–water partition coefficient (Wildman–Crippen LogP) is 3.16. The Morgan fingerprint density at radius 3 is 3.14 bits per heavy atom. The van der Waals surface area contributed by atoms with Crippen molar-refractivity contribution in [1.29, 1.82) is 0 Å². The van der Waals surface area contributed by atoms with Crippen LogP contribution in [0.2, 0.25) is 0 Å². The summed E-state index contributed by atoms with van der Waals surface area (Å²) in [6, 6.07) is 7.69. The summed E-state index contributed by atoms with van der Waals surface area (Å²) in [5.41, 5.74) is 1.93. The normalized spacial score (nSPS) is 17.0. The van der Waals surface area contributed by atoms with E-state index in [0.717, 1.165) is 34.9 Å². The van der Waals surface area contributed by atoms with Gasteiger partial charge in [-0.05, 0) is 25.8 Å². The van der Waals surface area contributed by atoms with Crippen molar-refractivity contribution in [3.8, 4) is 5.75 Å². The Labute approximate surface area is 133 Å². The van der Waals surface area contributed by atoms with Crippen molar-refractivity contribution in [3.05, 3.63) is 45.9 Å². The summed E-state index contributed by atoms with van der Waals surface area (Å²) in [5, 5.41) is 8.87. The van der Waals surface area contributed by atoms with Gasteiger partial charge in [-0.1, -0.05) is 18.2 Å². The third kappa shape index (κ3) is 3.57. The van der Waals surface area contributed by atoms with E-state index in [4.69, 9.17) is 4.74 Å². The number of rotatable bonds is 3. The fourth-order valence-electron chi connectivity index (χ4n) is 2.54. The van der Waals surface area contributed by atoms with Gasteiger partial charge >= 0.3 is 6.03 Å². The first kappa shape index (κ1) is 14.8. The van der Waals surface area contributed by atoms with Crippen molar-refractivity contribution in [2.45, 2.75) is 32.4 Å². The SMILES string of the molecule is Cc1nc(CNC(=O)N[C@H]2CCCOc3ccccc32)cs1. The number of fused-ring (bicyclic) bond motifs is 1. The van der Waals surface area contributed by atoms with Gasteiger partial charge < -0.3 is 15.4 Å². The van der Waals surface area contributed by atoms with Crippen LogP contribution in [0.5, 0.6) is 5.75 Å². The van der Waals surface area contributed by atoms with Gasteiger partial charge in [0, 0.05) is 10.9 Å². The number of urea groups is 1. The molecule has 1 aliphatic rings. The number of para-hydroxylation sites is 1. The zero-order chi connectivity index (χ0) is 15.4. The van der Waals surface area contributed by atoms with Crippen LogP contribution in [0.1, 0.15) is 35.1 Å². The Kier molecular flexibility index (Phi) is 4.58. The van der Waals surface area contributed by atoms with Gasteiger partial charge in [-0.25, -0.2) is 9.78 Å². The van der Waals surface area contributed by atoms with E-state index in [9.17, 15) is 4.79 Å². The first-order valence-electron chi connectivity index (χ1n) is 7.39. The highest BCUT2D eigenvalue weighted by Gasteiger charge is 2.20. The van der Waals surface area contributed by atoms with Gasteiger partial charge in [-0.2, -0.15) is 0 Å². The van der Waals surface area contributed by atoms with Crippen LogP contribution in [0, 0.1) is 6.92 Å².